The summed E-state index contributed by atoms with van der Waals surface area (Å²) in [6.45, 7) is 4.56. The molecular weight excluding hydrogens is 160 g/mol. The third-order valence-corrected chi connectivity index (χ3v) is 3.44. The maximum absolute atomic E-state index is 3.45. The summed E-state index contributed by atoms with van der Waals surface area (Å²) in [5.74, 6) is 0. The fraction of sp³-hybridized carbons (Fsp3) is 1.00. The summed E-state index contributed by atoms with van der Waals surface area (Å²) in [5, 5.41) is 3.45. The Morgan fingerprint density at radius 1 is 1.23 bits per heavy atom. The third-order valence-electron chi connectivity index (χ3n) is 3.44. The van der Waals surface area contributed by atoms with Crippen LogP contribution in [0.2, 0.25) is 0 Å². The summed E-state index contributed by atoms with van der Waals surface area (Å²) in [7, 11) is 4.35. The topological polar surface area (TPSA) is 15.3 Å². The van der Waals surface area contributed by atoms with Crippen LogP contribution in [0.15, 0.2) is 0 Å². The van der Waals surface area contributed by atoms with E-state index in [0.717, 1.165) is 6.04 Å². The molecule has 2 heteroatoms. The molecule has 1 saturated carbocycles. The molecule has 0 heterocycles. The molecule has 0 saturated heterocycles. The molecule has 1 N–H and O–H groups in total. The Kier molecular flexibility index (Phi) is 4.20. The molecule has 0 spiro atoms. The second-order valence-electron chi connectivity index (χ2n) is 4.51. The second kappa shape index (κ2) is 4.97. The largest absolute Gasteiger partial charge is 0.315 e. The fourth-order valence-corrected chi connectivity index (χ4v) is 2.32. The van der Waals surface area contributed by atoms with E-state index in [-0.39, 0.29) is 0 Å². The minimum atomic E-state index is 0.666. The van der Waals surface area contributed by atoms with E-state index in [1.54, 1.807) is 0 Å². The highest BCUT2D eigenvalue weighted by Crippen LogP contribution is 2.23. The monoisotopic (exact) mass is 184 g/mol. The molecule has 13 heavy (non-hydrogen) atoms. The van der Waals surface area contributed by atoms with Gasteiger partial charge in [0.25, 0.3) is 0 Å². The lowest BCUT2D eigenvalue weighted by molar-refractivity contribution is 0.124. The van der Waals surface area contributed by atoms with Crippen LogP contribution in [0.25, 0.3) is 0 Å². The lowest BCUT2D eigenvalue weighted by Gasteiger charge is -2.40. The SMILES string of the molecule is CNC1CCCCC1N(C)C(C)C. The zero-order valence-electron chi connectivity index (χ0n) is 9.51. The molecule has 2 nitrogen and oxygen atoms in total. The van der Waals surface area contributed by atoms with Gasteiger partial charge in [0.15, 0.2) is 0 Å². The van der Waals surface area contributed by atoms with Crippen molar-refractivity contribution in [2.45, 2.75) is 57.7 Å². The average Bonchev–Trinajstić information content (AvgIpc) is 2.16. The van der Waals surface area contributed by atoms with Crippen molar-refractivity contribution in [3.05, 3.63) is 0 Å². The van der Waals surface area contributed by atoms with Crippen LogP contribution in [0.1, 0.15) is 39.5 Å². The van der Waals surface area contributed by atoms with Gasteiger partial charge in [0.05, 0.1) is 0 Å². The molecule has 1 aliphatic rings. The molecule has 0 aromatic carbocycles. The van der Waals surface area contributed by atoms with Crippen LogP contribution >= 0.6 is 0 Å². The highest BCUT2D eigenvalue weighted by Gasteiger charge is 2.27. The second-order valence-corrected chi connectivity index (χ2v) is 4.51. The number of rotatable bonds is 3. The number of nitrogens with zero attached hydrogens (tertiary/aromatic N) is 1. The number of nitrogens with one attached hydrogen (secondary N) is 1. The van der Waals surface area contributed by atoms with E-state index < -0.39 is 0 Å². The summed E-state index contributed by atoms with van der Waals surface area (Å²) in [4.78, 5) is 2.51. The van der Waals surface area contributed by atoms with Gasteiger partial charge in [-0.3, -0.25) is 4.90 Å². The Morgan fingerprint density at radius 2 is 1.85 bits per heavy atom. The van der Waals surface area contributed by atoms with Crippen molar-refractivity contribution in [3.63, 3.8) is 0 Å². The van der Waals surface area contributed by atoms with Crippen molar-refractivity contribution in [1.29, 1.82) is 0 Å². The maximum Gasteiger partial charge on any atom is 0.0248 e. The van der Waals surface area contributed by atoms with Crippen molar-refractivity contribution < 1.29 is 0 Å². The van der Waals surface area contributed by atoms with E-state index in [1.807, 2.05) is 0 Å². The van der Waals surface area contributed by atoms with Gasteiger partial charge in [0.2, 0.25) is 0 Å². The first-order valence-corrected chi connectivity index (χ1v) is 5.56. The van der Waals surface area contributed by atoms with E-state index in [0.29, 0.717) is 12.1 Å². The predicted molar refractivity (Wildman–Crippen MR) is 58.0 cm³/mol. The zero-order chi connectivity index (χ0) is 9.84. The lowest BCUT2D eigenvalue weighted by Crippen LogP contribution is -2.51. The smallest absolute Gasteiger partial charge is 0.0248 e. The normalized spacial score (nSPS) is 30.0. The Balaban J connectivity index is 2.53. The molecule has 2 atom stereocenters. The molecule has 1 rings (SSSR count). The fourth-order valence-electron chi connectivity index (χ4n) is 2.32. The van der Waals surface area contributed by atoms with Gasteiger partial charge in [-0.2, -0.15) is 0 Å². The van der Waals surface area contributed by atoms with Gasteiger partial charge in [-0.1, -0.05) is 12.8 Å². The predicted octanol–water partition coefficient (Wildman–Crippen LogP) is 1.86. The standard InChI is InChI=1S/C11H24N2/c1-9(2)13(4)11-8-6-5-7-10(11)12-3/h9-12H,5-8H2,1-4H3. The van der Waals surface area contributed by atoms with Gasteiger partial charge in [-0.15, -0.1) is 0 Å². The van der Waals surface area contributed by atoms with Crippen molar-refractivity contribution >= 4 is 0 Å². The first kappa shape index (κ1) is 11.0. The first-order valence-electron chi connectivity index (χ1n) is 5.56. The summed E-state index contributed by atoms with van der Waals surface area (Å²) in [6, 6.07) is 2.12. The van der Waals surface area contributed by atoms with Crippen LogP contribution in [-0.4, -0.2) is 37.1 Å². The lowest BCUT2D eigenvalue weighted by atomic mass is 9.89. The molecule has 0 bridgehead atoms. The van der Waals surface area contributed by atoms with E-state index in [2.05, 4.69) is 38.2 Å². The summed E-state index contributed by atoms with van der Waals surface area (Å²) >= 11 is 0. The Bertz CT molecular complexity index is 143. The van der Waals surface area contributed by atoms with Gasteiger partial charge in [-0.05, 0) is 40.8 Å². The summed E-state index contributed by atoms with van der Waals surface area (Å²) < 4.78 is 0. The first-order chi connectivity index (χ1) is 6.16. The van der Waals surface area contributed by atoms with Crippen LogP contribution in [0.3, 0.4) is 0 Å². The Hall–Kier alpha value is -0.0800. The van der Waals surface area contributed by atoms with E-state index in [9.17, 15) is 0 Å². The highest BCUT2D eigenvalue weighted by molar-refractivity contribution is 4.87. The van der Waals surface area contributed by atoms with Crippen LogP contribution in [-0.2, 0) is 0 Å². The molecule has 0 aliphatic heterocycles. The third kappa shape index (κ3) is 2.68. The molecule has 0 aromatic heterocycles. The maximum atomic E-state index is 3.45. The van der Waals surface area contributed by atoms with Crippen LogP contribution in [0.4, 0.5) is 0 Å². The number of likely N-dealkylation sites (N-methyl/N-ethyl adjacent to an activating group) is 2. The average molecular weight is 184 g/mol. The van der Waals surface area contributed by atoms with E-state index in [1.165, 1.54) is 25.7 Å². The Labute approximate surface area is 82.7 Å². The van der Waals surface area contributed by atoms with Gasteiger partial charge in [0, 0.05) is 18.1 Å². The van der Waals surface area contributed by atoms with Gasteiger partial charge in [0.1, 0.15) is 0 Å². The molecule has 0 amide bonds. The van der Waals surface area contributed by atoms with Crippen molar-refractivity contribution in [1.82, 2.24) is 10.2 Å². The molecule has 0 aromatic rings. The van der Waals surface area contributed by atoms with Crippen LogP contribution in [0.5, 0.6) is 0 Å². The van der Waals surface area contributed by atoms with Gasteiger partial charge in [-0.25, -0.2) is 0 Å². The van der Waals surface area contributed by atoms with Crippen molar-refractivity contribution in [3.8, 4) is 0 Å². The van der Waals surface area contributed by atoms with Crippen LogP contribution < -0.4 is 5.32 Å². The Morgan fingerprint density at radius 3 is 2.38 bits per heavy atom. The van der Waals surface area contributed by atoms with Gasteiger partial charge >= 0.3 is 0 Å². The molecule has 2 unspecified atom stereocenters. The van der Waals surface area contributed by atoms with E-state index >= 15 is 0 Å². The highest BCUT2D eigenvalue weighted by atomic mass is 15.2. The summed E-state index contributed by atoms with van der Waals surface area (Å²) in [6.07, 6.45) is 5.51. The number of hydrogen-bond donors (Lipinski definition) is 1. The zero-order valence-corrected chi connectivity index (χ0v) is 9.51. The quantitative estimate of drug-likeness (QED) is 0.720. The van der Waals surface area contributed by atoms with Crippen molar-refractivity contribution in [2.24, 2.45) is 0 Å². The molecule has 1 aliphatic carbocycles. The van der Waals surface area contributed by atoms with Crippen LogP contribution in [0, 0.1) is 0 Å². The number of hydrogen-bond acceptors (Lipinski definition) is 2. The van der Waals surface area contributed by atoms with Gasteiger partial charge < -0.3 is 5.32 Å². The van der Waals surface area contributed by atoms with Crippen molar-refractivity contribution in [2.75, 3.05) is 14.1 Å². The minimum Gasteiger partial charge on any atom is -0.315 e. The molecule has 1 fully saturated rings. The molecule has 78 valence electrons. The summed E-state index contributed by atoms with van der Waals surface area (Å²) in [5.41, 5.74) is 0. The molecule has 0 radical (unpaired) electrons. The molecular formula is C11H24N2. The minimum absolute atomic E-state index is 0.666. The van der Waals surface area contributed by atoms with E-state index in [4.69, 9.17) is 0 Å².